The molecule has 46 valence electrons. The summed E-state index contributed by atoms with van der Waals surface area (Å²) in [4.78, 5) is 19.2. The van der Waals surface area contributed by atoms with Crippen LogP contribution < -0.4 is 5.43 Å². The number of amides is 1. The van der Waals surface area contributed by atoms with Crippen molar-refractivity contribution in [3.8, 4) is 0 Å². The van der Waals surface area contributed by atoms with Gasteiger partial charge in [0.25, 0.3) is 6.41 Å². The Kier molecular flexibility index (Phi) is 2.49. The van der Waals surface area contributed by atoms with Crippen LogP contribution in [0.15, 0.2) is 0 Å². The first-order valence-corrected chi connectivity index (χ1v) is 1.78. The third-order valence-corrected chi connectivity index (χ3v) is 0.505. The molecule has 0 fully saturated rings. The van der Waals surface area contributed by atoms with E-state index < -0.39 is 5.03 Å². The van der Waals surface area contributed by atoms with E-state index >= 15 is 0 Å². The molecule has 1 N–H and O–H groups in total. The highest BCUT2D eigenvalue weighted by atomic mass is 16.7. The van der Waals surface area contributed by atoms with Crippen LogP contribution in [-0.2, 0) is 4.79 Å². The average molecular weight is 119 g/mol. The summed E-state index contributed by atoms with van der Waals surface area (Å²) in [6, 6.07) is 0. The minimum Gasteiger partial charge on any atom is -0.271 e. The van der Waals surface area contributed by atoms with Crippen LogP contribution in [0.4, 0.5) is 0 Å². The average Bonchev–Trinajstić information content (AvgIpc) is 1.69. The molecule has 0 bridgehead atoms. The number of hydrazine groups is 2. The Morgan fingerprint density at radius 3 is 2.38 bits per heavy atom. The molecule has 0 saturated carbocycles. The van der Waals surface area contributed by atoms with Gasteiger partial charge in [-0.05, 0) is 0 Å². The number of carbonyl (C=O) groups is 1. The highest BCUT2D eigenvalue weighted by Gasteiger charge is 2.06. The van der Waals surface area contributed by atoms with Crippen molar-refractivity contribution in [2.24, 2.45) is 0 Å². The van der Waals surface area contributed by atoms with Crippen molar-refractivity contribution in [3.05, 3.63) is 10.1 Å². The smallest absolute Gasteiger partial charge is 0.271 e. The van der Waals surface area contributed by atoms with Crippen LogP contribution in [-0.4, -0.2) is 23.6 Å². The quantitative estimate of drug-likeness (QED) is 0.287. The van der Waals surface area contributed by atoms with Crippen molar-refractivity contribution >= 4 is 6.41 Å². The summed E-state index contributed by atoms with van der Waals surface area (Å²) in [6.45, 7) is 0. The second-order valence-corrected chi connectivity index (χ2v) is 0.911. The van der Waals surface area contributed by atoms with E-state index in [2.05, 4.69) is 0 Å². The van der Waals surface area contributed by atoms with Gasteiger partial charge in [-0.3, -0.25) is 4.79 Å². The largest absolute Gasteiger partial charge is 0.291 e. The van der Waals surface area contributed by atoms with Gasteiger partial charge in [0.1, 0.15) is 0 Å². The summed E-state index contributed by atoms with van der Waals surface area (Å²) in [7, 11) is 1.27. The van der Waals surface area contributed by atoms with Crippen molar-refractivity contribution in [3.63, 3.8) is 0 Å². The van der Waals surface area contributed by atoms with Gasteiger partial charge in [-0.2, -0.15) is 5.43 Å². The van der Waals surface area contributed by atoms with Crippen molar-refractivity contribution in [2.45, 2.75) is 0 Å². The Balaban J connectivity index is 3.69. The number of hydrogen-bond acceptors (Lipinski definition) is 4. The van der Waals surface area contributed by atoms with Gasteiger partial charge < -0.3 is 0 Å². The molecule has 0 aliphatic heterocycles. The van der Waals surface area contributed by atoms with E-state index in [1.54, 1.807) is 0 Å². The Bertz CT molecular complexity index is 103. The molecule has 0 aromatic rings. The SMILES string of the molecule is CNN(C=O)[N+](=O)[O-]. The number of rotatable bonds is 3. The second-order valence-electron chi connectivity index (χ2n) is 0.911. The first-order valence-electron chi connectivity index (χ1n) is 1.78. The summed E-state index contributed by atoms with van der Waals surface area (Å²) in [5.74, 6) is 0. The first-order chi connectivity index (χ1) is 3.72. The summed E-state index contributed by atoms with van der Waals surface area (Å²) in [5.41, 5.74) is 2.02. The van der Waals surface area contributed by atoms with Gasteiger partial charge in [0, 0.05) is 12.2 Å². The Hall–Kier alpha value is -1.17. The van der Waals surface area contributed by atoms with E-state index in [0.29, 0.717) is 0 Å². The predicted octanol–water partition coefficient (Wildman–Crippen LogP) is -1.23. The number of nitrogens with zero attached hydrogens (tertiary/aromatic N) is 2. The van der Waals surface area contributed by atoms with Crippen LogP contribution in [0, 0.1) is 10.1 Å². The molecule has 0 aliphatic carbocycles. The normalized spacial score (nSPS) is 8.12. The third-order valence-electron chi connectivity index (χ3n) is 0.505. The maximum atomic E-state index is 9.60. The van der Waals surface area contributed by atoms with E-state index in [1.165, 1.54) is 7.05 Å². The molecule has 0 rings (SSSR count). The van der Waals surface area contributed by atoms with E-state index in [1.807, 2.05) is 5.43 Å². The molecule has 0 unspecified atom stereocenters. The van der Waals surface area contributed by atoms with E-state index in [4.69, 9.17) is 0 Å². The maximum absolute atomic E-state index is 9.60. The highest BCUT2D eigenvalue weighted by Crippen LogP contribution is 1.70. The number of hydrogen-bond donors (Lipinski definition) is 1. The Morgan fingerprint density at radius 2 is 2.38 bits per heavy atom. The van der Waals surface area contributed by atoms with Crippen LogP contribution in [0.3, 0.4) is 0 Å². The minimum atomic E-state index is -0.868. The van der Waals surface area contributed by atoms with Gasteiger partial charge in [0.05, 0.1) is 0 Å². The van der Waals surface area contributed by atoms with Gasteiger partial charge in [0.2, 0.25) is 0 Å². The van der Waals surface area contributed by atoms with Crippen LogP contribution in [0.2, 0.25) is 0 Å². The lowest BCUT2D eigenvalue weighted by Gasteiger charge is -2.00. The molecule has 6 heteroatoms. The second kappa shape index (κ2) is 2.92. The summed E-state index contributed by atoms with van der Waals surface area (Å²) in [5, 5.41) is 8.94. The van der Waals surface area contributed by atoms with Gasteiger partial charge in [-0.25, -0.2) is 10.1 Å². The van der Waals surface area contributed by atoms with E-state index in [0.717, 1.165) is 0 Å². The van der Waals surface area contributed by atoms with E-state index in [-0.39, 0.29) is 11.5 Å². The molecule has 0 saturated heterocycles. The van der Waals surface area contributed by atoms with Crippen LogP contribution in [0.25, 0.3) is 0 Å². The van der Waals surface area contributed by atoms with Gasteiger partial charge >= 0.3 is 0 Å². The molecule has 0 aromatic heterocycles. The van der Waals surface area contributed by atoms with E-state index in [9.17, 15) is 14.9 Å². The van der Waals surface area contributed by atoms with Crippen molar-refractivity contribution < 1.29 is 9.83 Å². The summed E-state index contributed by atoms with van der Waals surface area (Å²) in [6.07, 6.45) is 0.0694. The molecule has 0 aliphatic rings. The number of carbonyl (C=O) groups excluding carboxylic acids is 1. The Labute approximate surface area is 45.2 Å². The Morgan fingerprint density at radius 1 is 1.88 bits per heavy atom. The molecule has 0 atom stereocenters. The zero-order valence-electron chi connectivity index (χ0n) is 4.20. The standard InChI is InChI=1S/C2H5N3O3/c1-3-4(2-6)5(7)8/h2-3H,1H3. The zero-order chi connectivity index (χ0) is 6.57. The lowest BCUT2D eigenvalue weighted by Crippen LogP contribution is -2.38. The van der Waals surface area contributed by atoms with Crippen molar-refractivity contribution in [2.75, 3.05) is 7.05 Å². The predicted molar refractivity (Wildman–Crippen MR) is 24.0 cm³/mol. The van der Waals surface area contributed by atoms with Crippen molar-refractivity contribution in [1.29, 1.82) is 0 Å². The fourth-order valence-corrected chi connectivity index (χ4v) is 0.173. The fourth-order valence-electron chi connectivity index (χ4n) is 0.173. The lowest BCUT2D eigenvalue weighted by molar-refractivity contribution is -0.644. The van der Waals surface area contributed by atoms with Crippen LogP contribution >= 0.6 is 0 Å². The molecule has 0 radical (unpaired) electrons. The van der Waals surface area contributed by atoms with Gasteiger partial charge in [-0.1, -0.05) is 0 Å². The molecule has 0 heterocycles. The number of nitrogens with one attached hydrogen (secondary N) is 1. The molecule has 6 nitrogen and oxygen atoms in total. The monoisotopic (exact) mass is 119 g/mol. The molecular formula is C2H5N3O3. The molecule has 0 spiro atoms. The summed E-state index contributed by atoms with van der Waals surface area (Å²) < 4.78 is 0. The topological polar surface area (TPSA) is 75.5 Å². The molecule has 1 amide bonds. The zero-order valence-corrected chi connectivity index (χ0v) is 4.20. The highest BCUT2D eigenvalue weighted by molar-refractivity contribution is 5.43. The van der Waals surface area contributed by atoms with Gasteiger partial charge in [-0.15, -0.1) is 0 Å². The van der Waals surface area contributed by atoms with Gasteiger partial charge in [0.15, 0.2) is 5.03 Å². The van der Waals surface area contributed by atoms with Crippen LogP contribution in [0.1, 0.15) is 0 Å². The minimum absolute atomic E-state index is 0.0694. The molecule has 0 aromatic carbocycles. The lowest BCUT2D eigenvalue weighted by atomic mass is 11.3. The third kappa shape index (κ3) is 1.52. The molecule has 8 heavy (non-hydrogen) atoms. The summed E-state index contributed by atoms with van der Waals surface area (Å²) >= 11 is 0. The van der Waals surface area contributed by atoms with Crippen molar-refractivity contribution in [1.82, 2.24) is 10.5 Å². The molecular weight excluding hydrogens is 114 g/mol. The fraction of sp³-hybridized carbons (Fsp3) is 0.500. The first kappa shape index (κ1) is 6.83. The van der Waals surface area contributed by atoms with Crippen LogP contribution in [0.5, 0.6) is 0 Å². The maximum Gasteiger partial charge on any atom is 0.291 e. The number of nitro groups is 1.